The molecule has 22 heavy (non-hydrogen) atoms. The Morgan fingerprint density at radius 3 is 2.55 bits per heavy atom. The van der Waals surface area contributed by atoms with Crippen molar-refractivity contribution in [3.05, 3.63) is 74.9 Å². The molecule has 0 saturated heterocycles. The summed E-state index contributed by atoms with van der Waals surface area (Å²) in [4.78, 5) is 14.2. The fourth-order valence-corrected chi connectivity index (χ4v) is 2.96. The molecule has 0 amide bonds. The largest absolute Gasteiger partial charge is 0.268 e. The maximum Gasteiger partial charge on any atom is 0.267 e. The van der Waals surface area contributed by atoms with Gasteiger partial charge in [0, 0.05) is 10.9 Å². The fourth-order valence-electron chi connectivity index (χ4n) is 2.12. The van der Waals surface area contributed by atoms with Gasteiger partial charge in [0.25, 0.3) is 5.56 Å². The lowest BCUT2D eigenvalue weighted by atomic mass is 10.1. The number of hydrogen-bond acceptors (Lipinski definition) is 4. The van der Waals surface area contributed by atoms with E-state index in [1.54, 1.807) is 35.6 Å². The van der Waals surface area contributed by atoms with Crippen LogP contribution >= 0.6 is 11.3 Å². The number of benzene rings is 1. The molecular weight excluding hydrogens is 294 g/mol. The van der Waals surface area contributed by atoms with Crippen LogP contribution in [-0.4, -0.2) is 9.78 Å². The quantitative estimate of drug-likeness (QED) is 0.746. The van der Waals surface area contributed by atoms with Crippen LogP contribution in [0, 0.1) is 18.3 Å². The van der Waals surface area contributed by atoms with Gasteiger partial charge in [-0.2, -0.15) is 10.4 Å². The highest BCUT2D eigenvalue weighted by molar-refractivity contribution is 7.15. The van der Waals surface area contributed by atoms with Crippen molar-refractivity contribution in [1.29, 1.82) is 5.26 Å². The van der Waals surface area contributed by atoms with Crippen LogP contribution in [0.1, 0.15) is 16.0 Å². The molecule has 3 rings (SSSR count). The first-order valence-electron chi connectivity index (χ1n) is 6.80. The summed E-state index contributed by atoms with van der Waals surface area (Å²) < 4.78 is 1.45. The summed E-state index contributed by atoms with van der Waals surface area (Å²) in [5.74, 6) is 0. The van der Waals surface area contributed by atoms with Gasteiger partial charge in [0.2, 0.25) is 0 Å². The van der Waals surface area contributed by atoms with E-state index in [2.05, 4.69) is 11.2 Å². The molecule has 0 N–H and O–H groups in total. The zero-order valence-electron chi connectivity index (χ0n) is 12.0. The lowest BCUT2D eigenvalue weighted by Gasteiger charge is -2.06. The van der Waals surface area contributed by atoms with Gasteiger partial charge in [-0.25, -0.2) is 4.68 Å². The average molecular weight is 307 g/mol. The van der Waals surface area contributed by atoms with Crippen molar-refractivity contribution in [1.82, 2.24) is 9.78 Å². The first-order valence-corrected chi connectivity index (χ1v) is 7.61. The van der Waals surface area contributed by atoms with Crippen molar-refractivity contribution in [3.8, 4) is 16.6 Å². The van der Waals surface area contributed by atoms with E-state index in [0.29, 0.717) is 12.1 Å². The van der Waals surface area contributed by atoms with Crippen molar-refractivity contribution in [2.75, 3.05) is 0 Å². The van der Waals surface area contributed by atoms with Gasteiger partial charge in [0.15, 0.2) is 0 Å². The molecule has 5 heteroatoms. The normalized spacial score (nSPS) is 10.4. The number of rotatable bonds is 3. The number of nitrogens with zero attached hydrogens (tertiary/aromatic N) is 3. The predicted molar refractivity (Wildman–Crippen MR) is 86.8 cm³/mol. The molecule has 0 fully saturated rings. The van der Waals surface area contributed by atoms with Crippen molar-refractivity contribution in [2.45, 2.75) is 13.5 Å². The van der Waals surface area contributed by atoms with Crippen LogP contribution < -0.4 is 5.56 Å². The zero-order valence-corrected chi connectivity index (χ0v) is 12.8. The van der Waals surface area contributed by atoms with Crippen molar-refractivity contribution in [2.24, 2.45) is 0 Å². The molecule has 0 radical (unpaired) electrons. The lowest BCUT2D eigenvalue weighted by Crippen LogP contribution is -2.22. The van der Waals surface area contributed by atoms with E-state index in [1.807, 2.05) is 31.2 Å². The molecule has 2 heterocycles. The molecule has 2 aromatic heterocycles. The van der Waals surface area contributed by atoms with Gasteiger partial charge < -0.3 is 0 Å². The van der Waals surface area contributed by atoms with E-state index in [9.17, 15) is 4.79 Å². The Hall–Kier alpha value is -2.71. The Kier molecular flexibility index (Phi) is 3.86. The van der Waals surface area contributed by atoms with E-state index in [1.165, 1.54) is 9.56 Å². The molecule has 0 atom stereocenters. The third-order valence-corrected chi connectivity index (χ3v) is 4.30. The van der Waals surface area contributed by atoms with Crippen LogP contribution in [-0.2, 0) is 6.54 Å². The molecule has 0 spiro atoms. The standard InChI is InChI=1S/C17H13N3OS/c1-12-2-8-16(22-12)15-7-9-17(21)20(19-15)11-14-5-3-13(10-18)4-6-14/h2-9H,11H2,1H3. The lowest BCUT2D eigenvalue weighted by molar-refractivity contribution is 0.643. The van der Waals surface area contributed by atoms with Crippen LogP contribution in [0.2, 0.25) is 0 Å². The minimum Gasteiger partial charge on any atom is -0.268 e. The smallest absolute Gasteiger partial charge is 0.267 e. The third kappa shape index (κ3) is 2.97. The summed E-state index contributed by atoms with van der Waals surface area (Å²) in [6, 6.07) is 16.6. The molecule has 0 aliphatic heterocycles. The summed E-state index contributed by atoms with van der Waals surface area (Å²) in [6.45, 7) is 2.43. The fraction of sp³-hybridized carbons (Fsp3) is 0.118. The molecule has 0 unspecified atom stereocenters. The SMILES string of the molecule is Cc1ccc(-c2ccc(=O)n(Cc3ccc(C#N)cc3)n2)s1. The Morgan fingerprint density at radius 1 is 1.14 bits per heavy atom. The third-order valence-electron chi connectivity index (χ3n) is 3.27. The molecule has 1 aromatic carbocycles. The van der Waals surface area contributed by atoms with Gasteiger partial charge in [0.1, 0.15) is 5.69 Å². The summed E-state index contributed by atoms with van der Waals surface area (Å²) in [7, 11) is 0. The minimum absolute atomic E-state index is 0.138. The van der Waals surface area contributed by atoms with Crippen LogP contribution in [0.4, 0.5) is 0 Å². The summed E-state index contributed by atoms with van der Waals surface area (Å²) in [6.07, 6.45) is 0. The summed E-state index contributed by atoms with van der Waals surface area (Å²) in [5.41, 5.74) is 2.20. The second-order valence-corrected chi connectivity index (χ2v) is 6.22. The van der Waals surface area contributed by atoms with E-state index in [0.717, 1.165) is 16.1 Å². The molecule has 0 aliphatic carbocycles. The van der Waals surface area contributed by atoms with Gasteiger partial charge in [-0.3, -0.25) is 4.79 Å². The van der Waals surface area contributed by atoms with Crippen LogP contribution in [0.3, 0.4) is 0 Å². The Balaban J connectivity index is 1.93. The van der Waals surface area contributed by atoms with E-state index < -0.39 is 0 Å². The second-order valence-electron chi connectivity index (χ2n) is 4.93. The predicted octanol–water partition coefficient (Wildman–Crippen LogP) is 3.20. The monoisotopic (exact) mass is 307 g/mol. The molecule has 3 aromatic rings. The highest BCUT2D eigenvalue weighted by atomic mass is 32.1. The van der Waals surface area contributed by atoms with Gasteiger partial charge >= 0.3 is 0 Å². The van der Waals surface area contributed by atoms with Gasteiger partial charge in [-0.1, -0.05) is 12.1 Å². The number of thiophene rings is 1. The van der Waals surface area contributed by atoms with Crippen LogP contribution in [0.25, 0.3) is 10.6 Å². The topological polar surface area (TPSA) is 58.7 Å². The maximum absolute atomic E-state index is 12.0. The van der Waals surface area contributed by atoms with Gasteiger partial charge in [-0.05, 0) is 42.8 Å². The first-order chi connectivity index (χ1) is 10.7. The Labute approximate surface area is 131 Å². The first kappa shape index (κ1) is 14.2. The van der Waals surface area contributed by atoms with E-state index in [-0.39, 0.29) is 5.56 Å². The van der Waals surface area contributed by atoms with Crippen molar-refractivity contribution >= 4 is 11.3 Å². The molecule has 108 valence electrons. The van der Waals surface area contributed by atoms with Crippen molar-refractivity contribution in [3.63, 3.8) is 0 Å². The number of aromatic nitrogens is 2. The number of aryl methyl sites for hydroxylation is 1. The summed E-state index contributed by atoms with van der Waals surface area (Å²) in [5, 5.41) is 13.3. The number of nitriles is 1. The zero-order chi connectivity index (χ0) is 15.5. The highest BCUT2D eigenvalue weighted by Gasteiger charge is 2.06. The van der Waals surface area contributed by atoms with Crippen LogP contribution in [0.15, 0.2) is 53.3 Å². The Bertz CT molecular complexity index is 901. The highest BCUT2D eigenvalue weighted by Crippen LogP contribution is 2.25. The minimum atomic E-state index is -0.138. The van der Waals surface area contributed by atoms with Crippen molar-refractivity contribution < 1.29 is 0 Å². The molecule has 4 nitrogen and oxygen atoms in total. The van der Waals surface area contributed by atoms with Crippen LogP contribution in [0.5, 0.6) is 0 Å². The summed E-state index contributed by atoms with van der Waals surface area (Å²) >= 11 is 1.65. The second kappa shape index (κ2) is 5.96. The molecule has 0 saturated carbocycles. The Morgan fingerprint density at radius 2 is 1.91 bits per heavy atom. The van der Waals surface area contributed by atoms with Gasteiger partial charge in [0.05, 0.1) is 23.1 Å². The number of hydrogen-bond donors (Lipinski definition) is 0. The maximum atomic E-state index is 12.0. The van der Waals surface area contributed by atoms with Gasteiger partial charge in [-0.15, -0.1) is 11.3 Å². The van der Waals surface area contributed by atoms with E-state index in [4.69, 9.17) is 5.26 Å². The molecule has 0 aliphatic rings. The molecule has 0 bridgehead atoms. The molecular formula is C17H13N3OS. The average Bonchev–Trinajstić information content (AvgIpc) is 2.97. The van der Waals surface area contributed by atoms with E-state index >= 15 is 0 Å².